The minimum Gasteiger partial charge on any atom is -0.309 e. The van der Waals surface area contributed by atoms with E-state index in [1.807, 2.05) is 11.3 Å². The number of nitrogens with zero attached hydrogens (tertiary/aromatic N) is 2. The van der Waals surface area contributed by atoms with Crippen LogP contribution in [0.1, 0.15) is 0 Å². The molecule has 0 spiro atoms. The third-order valence-electron chi connectivity index (χ3n) is 11.7. The normalized spacial score (nSPS) is 11.9. The number of aromatic nitrogens is 2. The first-order valence-corrected chi connectivity index (χ1v) is 20.3. The molecule has 3 heteroatoms. The molecule has 0 aliphatic heterocycles. The molecule has 12 rings (SSSR count). The second-order valence-electron chi connectivity index (χ2n) is 14.9. The van der Waals surface area contributed by atoms with E-state index in [1.54, 1.807) is 0 Å². The van der Waals surface area contributed by atoms with Crippen LogP contribution in [-0.4, -0.2) is 9.13 Å². The van der Waals surface area contributed by atoms with Crippen LogP contribution < -0.4 is 0 Å². The van der Waals surface area contributed by atoms with Crippen LogP contribution in [0.2, 0.25) is 0 Å². The van der Waals surface area contributed by atoms with Gasteiger partial charge in [-0.1, -0.05) is 127 Å². The summed E-state index contributed by atoms with van der Waals surface area (Å²) in [4.78, 5) is 0. The smallest absolute Gasteiger partial charge is 0.0541 e. The van der Waals surface area contributed by atoms with Gasteiger partial charge in [-0.05, 0) is 107 Å². The van der Waals surface area contributed by atoms with Crippen LogP contribution in [-0.2, 0) is 0 Å². The maximum Gasteiger partial charge on any atom is 0.0541 e. The summed E-state index contributed by atoms with van der Waals surface area (Å²) in [6.45, 7) is 0. The lowest BCUT2D eigenvalue weighted by molar-refractivity contribution is 1.18. The summed E-state index contributed by atoms with van der Waals surface area (Å²) in [6.07, 6.45) is 0. The molecular formula is C54H34N2S. The Bertz CT molecular complexity index is 3510. The van der Waals surface area contributed by atoms with Crippen LogP contribution in [0.5, 0.6) is 0 Å². The van der Waals surface area contributed by atoms with Gasteiger partial charge in [0.05, 0.1) is 22.1 Å². The van der Waals surface area contributed by atoms with E-state index in [1.165, 1.54) is 103 Å². The summed E-state index contributed by atoms with van der Waals surface area (Å²) in [5, 5.41) is 7.64. The first-order chi connectivity index (χ1) is 28.3. The number of hydrogen-bond donors (Lipinski definition) is 0. The van der Waals surface area contributed by atoms with Crippen LogP contribution in [0.25, 0.3) is 109 Å². The SMILES string of the molecule is c1ccc(-c2cc(-c3cccc(-n4c5ccccc5c5cc(-c6ccc7c(c6)c6ccccc6n7-c6ccccc6)ccc54)c3)cc3c2sc2ccccc23)cc1. The first kappa shape index (κ1) is 32.1. The molecule has 0 aliphatic rings. The van der Waals surface area contributed by atoms with E-state index in [-0.39, 0.29) is 0 Å². The molecule has 0 amide bonds. The standard InChI is InChI=1S/C54H34N2S/c1-3-14-35(15-4-1)45-33-39(34-48-44-22-9-12-25-53(44)57-54(45)48)36-16-13-19-41(30-36)56-50-24-11-8-21-43(50)47-32-38(27-29-52(47)56)37-26-28-51-46(31-37)42-20-7-10-23-49(42)55(51)40-17-5-2-6-18-40/h1-34H. The van der Waals surface area contributed by atoms with Crippen molar-refractivity contribution in [3.05, 3.63) is 206 Å². The molecule has 0 atom stereocenters. The van der Waals surface area contributed by atoms with Crippen LogP contribution in [0, 0.1) is 0 Å². The molecule has 0 unspecified atom stereocenters. The molecule has 0 saturated heterocycles. The maximum absolute atomic E-state index is 2.44. The van der Waals surface area contributed by atoms with Crippen molar-refractivity contribution >= 4 is 75.1 Å². The van der Waals surface area contributed by atoms with Crippen LogP contribution in [0.4, 0.5) is 0 Å². The van der Waals surface area contributed by atoms with E-state index in [2.05, 4.69) is 215 Å². The van der Waals surface area contributed by atoms with Gasteiger partial charge in [-0.25, -0.2) is 0 Å². The number of hydrogen-bond acceptors (Lipinski definition) is 1. The van der Waals surface area contributed by atoms with E-state index in [0.717, 1.165) is 5.69 Å². The summed E-state index contributed by atoms with van der Waals surface area (Å²) in [5.74, 6) is 0. The molecule has 266 valence electrons. The lowest BCUT2D eigenvalue weighted by Crippen LogP contribution is -1.94. The van der Waals surface area contributed by atoms with Crippen LogP contribution in [0.3, 0.4) is 0 Å². The molecule has 3 heterocycles. The summed E-state index contributed by atoms with van der Waals surface area (Å²) in [7, 11) is 0. The number of rotatable bonds is 5. The minimum absolute atomic E-state index is 1.15. The van der Waals surface area contributed by atoms with E-state index < -0.39 is 0 Å². The zero-order chi connectivity index (χ0) is 37.5. The summed E-state index contributed by atoms with van der Waals surface area (Å²) in [6, 6.07) is 75.7. The topological polar surface area (TPSA) is 9.86 Å². The predicted molar refractivity (Wildman–Crippen MR) is 244 cm³/mol. The van der Waals surface area contributed by atoms with Gasteiger partial charge in [0.15, 0.2) is 0 Å². The van der Waals surface area contributed by atoms with Crippen molar-refractivity contribution in [2.75, 3.05) is 0 Å². The molecule has 0 N–H and O–H groups in total. The molecule has 12 aromatic rings. The average Bonchev–Trinajstić information content (AvgIpc) is 3.94. The highest BCUT2D eigenvalue weighted by Crippen LogP contribution is 2.44. The first-order valence-electron chi connectivity index (χ1n) is 19.5. The molecule has 0 bridgehead atoms. The lowest BCUT2D eigenvalue weighted by atomic mass is 9.96. The largest absolute Gasteiger partial charge is 0.309 e. The fourth-order valence-corrected chi connectivity index (χ4v) is 10.3. The number of para-hydroxylation sites is 3. The Labute approximate surface area is 333 Å². The van der Waals surface area contributed by atoms with Crippen molar-refractivity contribution in [3.8, 4) is 44.8 Å². The highest BCUT2D eigenvalue weighted by molar-refractivity contribution is 7.26. The molecule has 57 heavy (non-hydrogen) atoms. The quantitative estimate of drug-likeness (QED) is 0.166. The van der Waals surface area contributed by atoms with Crippen molar-refractivity contribution in [1.29, 1.82) is 0 Å². The van der Waals surface area contributed by atoms with Gasteiger partial charge in [-0.2, -0.15) is 0 Å². The zero-order valence-electron chi connectivity index (χ0n) is 30.9. The van der Waals surface area contributed by atoms with Gasteiger partial charge in [-0.15, -0.1) is 11.3 Å². The summed E-state index contributed by atoms with van der Waals surface area (Å²) < 4.78 is 7.47. The number of thiophene rings is 1. The Balaban J connectivity index is 1.01. The summed E-state index contributed by atoms with van der Waals surface area (Å²) in [5.41, 5.74) is 14.5. The van der Waals surface area contributed by atoms with Crippen molar-refractivity contribution < 1.29 is 0 Å². The summed E-state index contributed by atoms with van der Waals surface area (Å²) >= 11 is 1.89. The monoisotopic (exact) mass is 742 g/mol. The van der Waals surface area contributed by atoms with Crippen molar-refractivity contribution in [3.63, 3.8) is 0 Å². The molecule has 9 aromatic carbocycles. The van der Waals surface area contributed by atoms with Gasteiger partial charge in [0.25, 0.3) is 0 Å². The zero-order valence-corrected chi connectivity index (χ0v) is 31.7. The maximum atomic E-state index is 2.44. The minimum atomic E-state index is 1.15. The van der Waals surface area contributed by atoms with Gasteiger partial charge in [0.1, 0.15) is 0 Å². The fourth-order valence-electron chi connectivity index (χ4n) is 9.09. The van der Waals surface area contributed by atoms with Crippen LogP contribution >= 0.6 is 11.3 Å². The fraction of sp³-hybridized carbons (Fsp3) is 0. The number of fused-ring (bicyclic) bond motifs is 9. The Morgan fingerprint density at radius 3 is 1.46 bits per heavy atom. The molecule has 0 aliphatic carbocycles. The Morgan fingerprint density at radius 1 is 0.281 bits per heavy atom. The third kappa shape index (κ3) is 5.03. The lowest BCUT2D eigenvalue weighted by Gasteiger charge is -2.13. The van der Waals surface area contributed by atoms with Gasteiger partial charge < -0.3 is 9.13 Å². The van der Waals surface area contributed by atoms with Crippen LogP contribution in [0.15, 0.2) is 206 Å². The van der Waals surface area contributed by atoms with E-state index in [0.29, 0.717) is 0 Å². The van der Waals surface area contributed by atoms with Gasteiger partial charge in [-0.3, -0.25) is 0 Å². The second-order valence-corrected chi connectivity index (χ2v) is 16.0. The van der Waals surface area contributed by atoms with Gasteiger partial charge >= 0.3 is 0 Å². The Morgan fingerprint density at radius 2 is 0.772 bits per heavy atom. The second kappa shape index (κ2) is 12.7. The highest BCUT2D eigenvalue weighted by atomic mass is 32.1. The van der Waals surface area contributed by atoms with Crippen molar-refractivity contribution in [2.45, 2.75) is 0 Å². The molecule has 3 aromatic heterocycles. The number of benzene rings is 9. The molecule has 0 saturated carbocycles. The highest BCUT2D eigenvalue weighted by Gasteiger charge is 2.18. The van der Waals surface area contributed by atoms with E-state index in [9.17, 15) is 0 Å². The van der Waals surface area contributed by atoms with Gasteiger partial charge in [0, 0.05) is 58.7 Å². The average molecular weight is 743 g/mol. The van der Waals surface area contributed by atoms with E-state index >= 15 is 0 Å². The third-order valence-corrected chi connectivity index (χ3v) is 12.9. The molecule has 2 nitrogen and oxygen atoms in total. The predicted octanol–water partition coefficient (Wildman–Crippen LogP) is 15.2. The Kier molecular flexibility index (Phi) is 7.13. The van der Waals surface area contributed by atoms with Gasteiger partial charge in [0.2, 0.25) is 0 Å². The molecule has 0 radical (unpaired) electrons. The molecular weight excluding hydrogens is 709 g/mol. The Hall–Kier alpha value is -7.20. The van der Waals surface area contributed by atoms with Crippen molar-refractivity contribution in [1.82, 2.24) is 9.13 Å². The molecule has 0 fully saturated rings. The van der Waals surface area contributed by atoms with Crippen molar-refractivity contribution in [2.24, 2.45) is 0 Å². The van der Waals surface area contributed by atoms with E-state index in [4.69, 9.17) is 0 Å².